The summed E-state index contributed by atoms with van der Waals surface area (Å²) in [5, 5.41) is 28.3. The van der Waals surface area contributed by atoms with Gasteiger partial charge < -0.3 is 10.2 Å². The van der Waals surface area contributed by atoms with Crippen LogP contribution >= 0.6 is 11.8 Å². The summed E-state index contributed by atoms with van der Waals surface area (Å²) in [6, 6.07) is 0. The second kappa shape index (κ2) is 17.7. The topological polar surface area (TPSA) is 46.1 Å². The van der Waals surface area contributed by atoms with Gasteiger partial charge in [-0.15, -0.1) is 52.6 Å². The van der Waals surface area contributed by atoms with E-state index in [1.165, 1.54) is 11.8 Å². The Morgan fingerprint density at radius 1 is 0.375 bits per heavy atom. The van der Waals surface area contributed by atoms with Crippen LogP contribution in [0.4, 0.5) is 0 Å². The summed E-state index contributed by atoms with van der Waals surface area (Å²) in [5.74, 6) is -0.146. The van der Waals surface area contributed by atoms with Gasteiger partial charge in [0, 0.05) is 9.79 Å². The molecule has 0 aromatic heterocycles. The number of allylic oxidation sites excluding steroid dienone is 8. The summed E-state index contributed by atoms with van der Waals surface area (Å²) >= 11 is 1.28. The van der Waals surface area contributed by atoms with Gasteiger partial charge >= 0.3 is 23.1 Å². The summed E-state index contributed by atoms with van der Waals surface area (Å²) in [6.07, 6.45) is 18.6. The first-order valence-corrected chi connectivity index (χ1v) is 14.0. The maximum atomic E-state index is 14.2. The van der Waals surface area contributed by atoms with E-state index in [-0.39, 0.29) is 34.6 Å². The maximum Gasteiger partial charge on any atom is 2.00 e. The molecule has 0 amide bonds. The van der Waals surface area contributed by atoms with Crippen LogP contribution in [0.3, 0.4) is 0 Å². The van der Waals surface area contributed by atoms with E-state index in [0.29, 0.717) is 72.3 Å². The van der Waals surface area contributed by atoms with Crippen LogP contribution in [0, 0.1) is 0 Å². The van der Waals surface area contributed by atoms with Crippen LogP contribution in [0.1, 0.15) is 44.5 Å². The molecule has 0 spiro atoms. The fourth-order valence-corrected chi connectivity index (χ4v) is 6.44. The summed E-state index contributed by atoms with van der Waals surface area (Å²) in [6.45, 7) is 31.5. The summed E-state index contributed by atoms with van der Waals surface area (Å²) in [5.41, 5.74) is 7.17. The molecular formula is C36H40MgO2S. The van der Waals surface area contributed by atoms with Crippen LogP contribution in [0.25, 0.3) is 0 Å². The van der Waals surface area contributed by atoms with E-state index >= 15 is 0 Å². The fourth-order valence-electron chi connectivity index (χ4n) is 5.15. The molecule has 0 atom stereocenters. The molecule has 0 saturated carbocycles. The first kappa shape index (κ1) is 35.1. The molecule has 0 saturated heterocycles. The minimum absolute atomic E-state index is 0. The van der Waals surface area contributed by atoms with E-state index in [2.05, 4.69) is 52.6 Å². The van der Waals surface area contributed by atoms with Crippen molar-refractivity contribution >= 4 is 34.8 Å². The predicted octanol–water partition coefficient (Wildman–Crippen LogP) is 7.43. The molecule has 0 bridgehead atoms. The molecule has 0 unspecified atom stereocenters. The second-order valence-electron chi connectivity index (χ2n) is 9.19. The smallest absolute Gasteiger partial charge is 0.871 e. The number of hydrogen-bond acceptors (Lipinski definition) is 3. The average molecular weight is 561 g/mol. The van der Waals surface area contributed by atoms with Crippen LogP contribution in [0.15, 0.2) is 111 Å². The molecule has 0 fully saturated rings. The quantitative estimate of drug-likeness (QED) is 0.141. The van der Waals surface area contributed by atoms with Crippen LogP contribution in [0.5, 0.6) is 11.5 Å². The zero-order chi connectivity index (χ0) is 28.9. The number of rotatable bonds is 18. The Balaban J connectivity index is 0.00000800. The molecule has 2 nitrogen and oxygen atoms in total. The van der Waals surface area contributed by atoms with Crippen LogP contribution < -0.4 is 10.2 Å². The molecule has 0 aliphatic heterocycles. The SMILES string of the molecule is C=CCc1c([O-])c(Sc2c([O-])c(CC=C)c(CC=C)c(CC=C)c2CC=C)c(CC=C)c(CC=C)c1CC=C.[Mg+2]. The molecule has 204 valence electrons. The molecule has 0 aliphatic rings. The zero-order valence-corrected chi connectivity index (χ0v) is 26.1. The van der Waals surface area contributed by atoms with E-state index in [0.717, 1.165) is 33.4 Å². The van der Waals surface area contributed by atoms with Crippen molar-refractivity contribution in [3.63, 3.8) is 0 Å². The van der Waals surface area contributed by atoms with Crippen molar-refractivity contribution in [2.75, 3.05) is 0 Å². The number of benzene rings is 2. The van der Waals surface area contributed by atoms with Crippen molar-refractivity contribution in [3.8, 4) is 11.5 Å². The van der Waals surface area contributed by atoms with Gasteiger partial charge in [-0.2, -0.15) is 0 Å². The third-order valence-electron chi connectivity index (χ3n) is 6.69. The predicted molar refractivity (Wildman–Crippen MR) is 173 cm³/mol. The first-order chi connectivity index (χ1) is 18.9. The molecule has 0 aliphatic carbocycles. The van der Waals surface area contributed by atoms with Gasteiger partial charge in [-0.1, -0.05) is 71.9 Å². The van der Waals surface area contributed by atoms with E-state index in [9.17, 15) is 10.2 Å². The van der Waals surface area contributed by atoms with Gasteiger partial charge in [0.25, 0.3) is 0 Å². The van der Waals surface area contributed by atoms with Crippen molar-refractivity contribution in [1.29, 1.82) is 0 Å². The maximum absolute atomic E-state index is 14.2. The summed E-state index contributed by atoms with van der Waals surface area (Å²) in [7, 11) is 0. The third-order valence-corrected chi connectivity index (χ3v) is 7.96. The van der Waals surface area contributed by atoms with Gasteiger partial charge in [-0.3, -0.25) is 0 Å². The zero-order valence-electron chi connectivity index (χ0n) is 23.9. The minimum atomic E-state index is -0.0731. The van der Waals surface area contributed by atoms with Crippen molar-refractivity contribution in [3.05, 3.63) is 146 Å². The van der Waals surface area contributed by atoms with Crippen molar-refractivity contribution in [2.24, 2.45) is 0 Å². The molecule has 2 aromatic carbocycles. The normalized spacial score (nSPS) is 10.2. The van der Waals surface area contributed by atoms with E-state index < -0.39 is 0 Å². The molecule has 2 rings (SSSR count). The molecule has 0 heterocycles. The molecule has 2 aromatic rings. The van der Waals surface area contributed by atoms with Gasteiger partial charge in [0.15, 0.2) is 0 Å². The van der Waals surface area contributed by atoms with E-state index in [4.69, 9.17) is 0 Å². The van der Waals surface area contributed by atoms with Gasteiger partial charge in [0.2, 0.25) is 0 Å². The van der Waals surface area contributed by atoms with Crippen molar-refractivity contribution in [1.82, 2.24) is 0 Å². The Morgan fingerprint density at radius 3 is 0.825 bits per heavy atom. The Labute approximate surface area is 262 Å². The van der Waals surface area contributed by atoms with E-state index in [1.54, 1.807) is 24.3 Å². The standard InChI is InChI=1S/C36H42O2S.Mg/c1-9-17-25-27(19-11-3)31(23-15-7)35(33(37)29(25)21-13-5)39-36-32(24-16-8)28(20-12-4)26(18-10-2)30(22-14-6)34(36)38;/h9-16,37-38H,1-8,17-24H2;/q;+2/p-2. The van der Waals surface area contributed by atoms with Crippen LogP contribution in [-0.2, 0) is 51.4 Å². The molecule has 4 heteroatoms. The van der Waals surface area contributed by atoms with Gasteiger partial charge in [0.1, 0.15) is 0 Å². The molecule has 40 heavy (non-hydrogen) atoms. The number of hydrogen-bond donors (Lipinski definition) is 0. The summed E-state index contributed by atoms with van der Waals surface area (Å²) < 4.78 is 0. The second-order valence-corrected chi connectivity index (χ2v) is 10.2. The molecule has 0 radical (unpaired) electrons. The molecule has 0 N–H and O–H groups in total. The van der Waals surface area contributed by atoms with Gasteiger partial charge in [-0.05, 0) is 95.9 Å². The Morgan fingerprint density at radius 2 is 0.575 bits per heavy atom. The average Bonchev–Trinajstić information content (AvgIpc) is 2.92. The van der Waals surface area contributed by atoms with Crippen molar-refractivity contribution in [2.45, 2.75) is 61.2 Å². The Hall–Kier alpha value is -2.92. The minimum Gasteiger partial charge on any atom is -0.871 e. The Bertz CT molecular complexity index is 1200. The Kier molecular flexibility index (Phi) is 15.5. The largest absolute Gasteiger partial charge is 2.00 e. The molecular weight excluding hydrogens is 521 g/mol. The first-order valence-electron chi connectivity index (χ1n) is 13.2. The van der Waals surface area contributed by atoms with Crippen molar-refractivity contribution < 1.29 is 10.2 Å². The van der Waals surface area contributed by atoms with Gasteiger partial charge in [0.05, 0.1) is 0 Å². The summed E-state index contributed by atoms with van der Waals surface area (Å²) in [4.78, 5) is 1.12. The van der Waals surface area contributed by atoms with E-state index in [1.807, 2.05) is 24.3 Å². The third kappa shape index (κ3) is 7.63. The van der Waals surface area contributed by atoms with Crippen LogP contribution in [0.2, 0.25) is 0 Å². The van der Waals surface area contributed by atoms with Gasteiger partial charge in [-0.25, -0.2) is 0 Å². The fraction of sp³-hybridized carbons (Fsp3) is 0.222. The van der Waals surface area contributed by atoms with Crippen LogP contribution in [-0.4, -0.2) is 23.1 Å². The monoisotopic (exact) mass is 560 g/mol.